The van der Waals surface area contributed by atoms with E-state index in [1.165, 1.54) is 0 Å². The molecule has 0 aromatic rings. The van der Waals surface area contributed by atoms with E-state index in [0.29, 0.717) is 23.8 Å². The lowest BCUT2D eigenvalue weighted by molar-refractivity contribution is 0.168. The van der Waals surface area contributed by atoms with Gasteiger partial charge in [0.1, 0.15) is 0 Å². The highest BCUT2D eigenvalue weighted by Crippen LogP contribution is 2.08. The molecule has 1 rings (SSSR count). The smallest absolute Gasteiger partial charge is 0.0944 e. The van der Waals surface area contributed by atoms with Gasteiger partial charge in [-0.15, -0.1) is 23.2 Å². The third-order valence-corrected chi connectivity index (χ3v) is 2.16. The van der Waals surface area contributed by atoms with Gasteiger partial charge in [0.25, 0.3) is 0 Å². The molecule has 2 atom stereocenters. The van der Waals surface area contributed by atoms with E-state index in [1.54, 1.807) is 7.11 Å². The van der Waals surface area contributed by atoms with Gasteiger partial charge < -0.3 is 9.47 Å². The fraction of sp³-hybridized carbons (Fsp3) is 1.00. The molecule has 1 heterocycles. The molecule has 1 fully saturated rings. The molecule has 90 valence electrons. The van der Waals surface area contributed by atoms with Crippen LogP contribution in [-0.4, -0.2) is 38.2 Å². The Balaban J connectivity index is -0.000000155. The van der Waals surface area contributed by atoms with Crippen molar-refractivity contribution in [3.63, 3.8) is 0 Å². The van der Waals surface area contributed by atoms with Crippen LogP contribution in [-0.2, 0) is 9.47 Å². The van der Waals surface area contributed by atoms with Gasteiger partial charge in [0.2, 0.25) is 0 Å². The topological polar surface area (TPSA) is 21.8 Å². The van der Waals surface area contributed by atoms with E-state index in [-0.39, 0.29) is 14.9 Å². The highest BCUT2D eigenvalue weighted by molar-refractivity contribution is 6.18. The maximum atomic E-state index is 5.45. The second-order valence-electron chi connectivity index (χ2n) is 2.82. The van der Waals surface area contributed by atoms with Crippen molar-refractivity contribution in [1.82, 2.24) is 0 Å². The van der Waals surface area contributed by atoms with E-state index in [1.807, 2.05) is 0 Å². The third kappa shape index (κ3) is 15.0. The minimum absolute atomic E-state index is 0. The van der Waals surface area contributed by atoms with E-state index >= 15 is 0 Å². The first-order valence-electron chi connectivity index (χ1n) is 3.97. The maximum Gasteiger partial charge on any atom is 0.0944 e. The van der Waals surface area contributed by atoms with Crippen LogP contribution in [0.2, 0.25) is 0 Å². The van der Waals surface area contributed by atoms with Crippen LogP contribution in [0.5, 0.6) is 0 Å². The average molecular weight is 247 g/mol. The van der Waals surface area contributed by atoms with Crippen LogP contribution in [0.15, 0.2) is 0 Å². The first kappa shape index (κ1) is 20.0. The van der Waals surface area contributed by atoms with Gasteiger partial charge in [-0.05, 0) is 5.92 Å². The van der Waals surface area contributed by atoms with Crippen LogP contribution in [0.4, 0.5) is 0 Å². The summed E-state index contributed by atoms with van der Waals surface area (Å²) in [6, 6.07) is 0. The molecule has 0 spiro atoms. The molecule has 1 aliphatic rings. The molecular formula is C10H24Cl2O2. The van der Waals surface area contributed by atoms with Crippen molar-refractivity contribution >= 4 is 23.2 Å². The molecular weight excluding hydrogens is 223 g/mol. The lowest BCUT2D eigenvalue weighted by Crippen LogP contribution is -2.03. The molecule has 14 heavy (non-hydrogen) atoms. The van der Waals surface area contributed by atoms with Gasteiger partial charge in [0.15, 0.2) is 0 Å². The zero-order valence-electron chi connectivity index (χ0n) is 7.56. The Morgan fingerprint density at radius 3 is 2.00 bits per heavy atom. The Labute approximate surface area is 98.9 Å². The van der Waals surface area contributed by atoms with Gasteiger partial charge in [-0.3, -0.25) is 0 Å². The van der Waals surface area contributed by atoms with Crippen molar-refractivity contribution in [2.45, 2.75) is 27.9 Å². The summed E-state index contributed by atoms with van der Waals surface area (Å²) in [6.07, 6.45) is 0.400. The monoisotopic (exact) mass is 246 g/mol. The quantitative estimate of drug-likeness (QED) is 0.561. The largest absolute Gasteiger partial charge is 0.384 e. The van der Waals surface area contributed by atoms with Crippen molar-refractivity contribution in [2.24, 2.45) is 5.92 Å². The molecule has 0 amide bonds. The van der Waals surface area contributed by atoms with E-state index in [4.69, 9.17) is 32.7 Å². The highest BCUT2D eigenvalue weighted by atomic mass is 35.5. The number of rotatable bonds is 4. The second-order valence-corrected chi connectivity index (χ2v) is 3.44. The Morgan fingerprint density at radius 1 is 1.43 bits per heavy atom. The van der Waals surface area contributed by atoms with E-state index in [9.17, 15) is 0 Å². The van der Waals surface area contributed by atoms with Gasteiger partial charge in [0.05, 0.1) is 18.6 Å². The summed E-state index contributed by atoms with van der Waals surface area (Å²) in [5.41, 5.74) is 0. The molecule has 0 bridgehead atoms. The zero-order valence-corrected chi connectivity index (χ0v) is 9.07. The number of hydrogen-bond donors (Lipinski definition) is 0. The van der Waals surface area contributed by atoms with Crippen molar-refractivity contribution in [2.75, 3.05) is 32.1 Å². The van der Waals surface area contributed by atoms with Crippen molar-refractivity contribution in [3.05, 3.63) is 0 Å². The maximum absolute atomic E-state index is 5.45. The minimum Gasteiger partial charge on any atom is -0.384 e. The molecule has 1 aliphatic heterocycles. The molecule has 0 aliphatic carbocycles. The molecule has 0 radical (unpaired) electrons. The van der Waals surface area contributed by atoms with Gasteiger partial charge in [-0.1, -0.05) is 21.8 Å². The van der Waals surface area contributed by atoms with Crippen molar-refractivity contribution < 1.29 is 9.47 Å². The molecule has 2 nitrogen and oxygen atoms in total. The van der Waals surface area contributed by atoms with Crippen LogP contribution in [0.25, 0.3) is 0 Å². The molecule has 0 saturated carbocycles. The number of halogens is 2. The Bertz CT molecular complexity index is 98.1. The predicted molar refractivity (Wildman–Crippen MR) is 65.7 cm³/mol. The highest BCUT2D eigenvalue weighted by Gasteiger charge is 2.19. The number of epoxide rings is 1. The molecule has 0 aromatic heterocycles. The fourth-order valence-electron chi connectivity index (χ4n) is 0.486. The third-order valence-electron chi connectivity index (χ3n) is 1.29. The first-order valence-corrected chi connectivity index (χ1v) is 5.04. The van der Waals surface area contributed by atoms with Crippen LogP contribution < -0.4 is 0 Å². The summed E-state index contributed by atoms with van der Waals surface area (Å²) in [6.45, 7) is 3.70. The SMILES string of the molecule is C.C.COCC(C)CCl.ClCC1CO1. The normalized spacial score (nSPS) is 19.3. The zero-order chi connectivity index (χ0) is 9.40. The Morgan fingerprint density at radius 2 is 1.93 bits per heavy atom. The van der Waals surface area contributed by atoms with Crippen LogP contribution >= 0.6 is 23.2 Å². The Hall–Kier alpha value is 0.500. The lowest BCUT2D eigenvalue weighted by atomic mass is 10.2. The summed E-state index contributed by atoms with van der Waals surface area (Å²) >= 11 is 10.7. The molecule has 0 aromatic carbocycles. The molecule has 4 heteroatoms. The van der Waals surface area contributed by atoms with E-state index in [0.717, 1.165) is 13.2 Å². The molecule has 0 N–H and O–H groups in total. The number of methoxy groups -OCH3 is 1. The minimum atomic E-state index is 0. The number of ether oxygens (including phenoxy) is 2. The summed E-state index contributed by atoms with van der Waals surface area (Å²) < 4.78 is 9.54. The standard InChI is InChI=1S/C5H11ClO.C3H5ClO.2CH4/c1-5(3-6)4-7-2;4-1-3-2-5-3;;/h5H,3-4H2,1-2H3;3H,1-2H2;2*1H4. The predicted octanol–water partition coefficient (Wildman–Crippen LogP) is 3.40. The van der Waals surface area contributed by atoms with Crippen molar-refractivity contribution in [3.8, 4) is 0 Å². The van der Waals surface area contributed by atoms with Gasteiger partial charge in [0, 0.05) is 19.6 Å². The summed E-state index contributed by atoms with van der Waals surface area (Å²) in [5, 5.41) is 0. The van der Waals surface area contributed by atoms with Crippen LogP contribution in [0, 0.1) is 5.92 Å². The fourth-order valence-corrected chi connectivity index (χ4v) is 0.753. The summed E-state index contributed by atoms with van der Waals surface area (Å²) in [5.74, 6) is 1.85. The van der Waals surface area contributed by atoms with E-state index < -0.39 is 0 Å². The number of hydrogen-bond acceptors (Lipinski definition) is 2. The van der Waals surface area contributed by atoms with Crippen LogP contribution in [0.1, 0.15) is 21.8 Å². The van der Waals surface area contributed by atoms with Gasteiger partial charge >= 0.3 is 0 Å². The van der Waals surface area contributed by atoms with E-state index in [2.05, 4.69) is 6.92 Å². The lowest BCUT2D eigenvalue weighted by Gasteiger charge is -2.02. The second kappa shape index (κ2) is 13.5. The Kier molecular flexibility index (Phi) is 19.3. The molecule has 1 saturated heterocycles. The van der Waals surface area contributed by atoms with Crippen LogP contribution in [0.3, 0.4) is 0 Å². The van der Waals surface area contributed by atoms with Gasteiger partial charge in [-0.25, -0.2) is 0 Å². The van der Waals surface area contributed by atoms with Crippen molar-refractivity contribution in [1.29, 1.82) is 0 Å². The summed E-state index contributed by atoms with van der Waals surface area (Å²) in [4.78, 5) is 0. The molecule has 2 unspecified atom stereocenters. The van der Waals surface area contributed by atoms with Gasteiger partial charge in [-0.2, -0.15) is 0 Å². The number of alkyl halides is 2. The first-order chi connectivity index (χ1) is 5.74. The average Bonchev–Trinajstić information content (AvgIpc) is 2.88. The summed E-state index contributed by atoms with van der Waals surface area (Å²) in [7, 11) is 1.68.